The lowest BCUT2D eigenvalue weighted by Gasteiger charge is -2.08. The average Bonchev–Trinajstić information content (AvgIpc) is 3.37. The number of rotatable bonds is 8. The molecule has 0 unspecified atom stereocenters. The fourth-order valence-electron chi connectivity index (χ4n) is 3.10. The first-order chi connectivity index (χ1) is 16.1. The number of thiophene rings is 1. The molecule has 1 amide bonds. The van der Waals surface area contributed by atoms with Gasteiger partial charge in [0.2, 0.25) is 0 Å². The number of hydrogen-bond donors (Lipinski definition) is 3. The molecule has 7 heteroatoms. The molecule has 0 bridgehead atoms. The number of carbonyl (C=O) groups excluding carboxylic acids is 1. The van der Waals surface area contributed by atoms with Crippen LogP contribution in [0.25, 0.3) is 0 Å². The number of ether oxygens (including phenoxy) is 1. The Morgan fingerprint density at radius 1 is 0.939 bits per heavy atom. The lowest BCUT2D eigenvalue weighted by molar-refractivity contribution is 0.0954. The second-order valence-corrected chi connectivity index (χ2v) is 8.21. The van der Waals surface area contributed by atoms with Crippen molar-refractivity contribution in [2.45, 2.75) is 6.42 Å². The van der Waals surface area contributed by atoms with E-state index in [1.165, 1.54) is 0 Å². The Kier molecular flexibility index (Phi) is 7.02. The van der Waals surface area contributed by atoms with E-state index in [0.29, 0.717) is 35.9 Å². The molecule has 0 fully saturated rings. The molecular weight excluding hydrogens is 434 g/mol. The number of phenolic OH excluding ortho intramolecular Hbond substituents is 1. The highest BCUT2D eigenvalue weighted by Crippen LogP contribution is 2.23. The minimum Gasteiger partial charge on any atom is -0.508 e. The van der Waals surface area contributed by atoms with Gasteiger partial charge in [0.1, 0.15) is 23.1 Å². The summed E-state index contributed by atoms with van der Waals surface area (Å²) in [5.74, 6) is 1.76. The standard InChI is InChI=1S/C26H23N3O3S/c27-25(24-2-1-17-33-24)29-20-7-3-18(4-8-20)15-16-28-26(31)19-5-11-22(12-6-19)32-23-13-9-21(30)10-14-23/h1-14,17,30H,15-16H2,(H2,27,29)(H,28,31). The highest BCUT2D eigenvalue weighted by molar-refractivity contribution is 7.12. The van der Waals surface area contributed by atoms with Crippen molar-refractivity contribution in [3.63, 3.8) is 0 Å². The summed E-state index contributed by atoms with van der Waals surface area (Å²) in [6.45, 7) is 0.518. The summed E-state index contributed by atoms with van der Waals surface area (Å²) in [5.41, 5.74) is 8.48. The van der Waals surface area contributed by atoms with Crippen LogP contribution in [-0.2, 0) is 6.42 Å². The van der Waals surface area contributed by atoms with E-state index in [2.05, 4.69) is 10.3 Å². The molecule has 33 heavy (non-hydrogen) atoms. The quantitative estimate of drug-likeness (QED) is 0.248. The Morgan fingerprint density at radius 3 is 2.24 bits per heavy atom. The summed E-state index contributed by atoms with van der Waals surface area (Å²) < 4.78 is 5.70. The molecule has 4 N–H and O–H groups in total. The highest BCUT2D eigenvalue weighted by atomic mass is 32.1. The first-order valence-corrected chi connectivity index (χ1v) is 11.3. The van der Waals surface area contributed by atoms with Crippen LogP contribution < -0.4 is 15.8 Å². The first kappa shape index (κ1) is 22.1. The van der Waals surface area contributed by atoms with E-state index in [4.69, 9.17) is 10.5 Å². The molecule has 1 heterocycles. The highest BCUT2D eigenvalue weighted by Gasteiger charge is 2.06. The lowest BCUT2D eigenvalue weighted by Crippen LogP contribution is -2.25. The van der Waals surface area contributed by atoms with E-state index in [1.54, 1.807) is 59.9 Å². The molecule has 0 saturated heterocycles. The minimum atomic E-state index is -0.142. The van der Waals surface area contributed by atoms with Crippen LogP contribution in [0.5, 0.6) is 17.2 Å². The zero-order valence-electron chi connectivity index (χ0n) is 17.8. The van der Waals surface area contributed by atoms with Crippen molar-refractivity contribution in [2.75, 3.05) is 6.54 Å². The number of aliphatic imine (C=N–C) groups is 1. The summed E-state index contributed by atoms with van der Waals surface area (Å²) >= 11 is 1.56. The maximum absolute atomic E-state index is 12.4. The number of hydrogen-bond acceptors (Lipinski definition) is 5. The third kappa shape index (κ3) is 6.21. The number of amides is 1. The van der Waals surface area contributed by atoms with Crippen molar-refractivity contribution in [1.29, 1.82) is 0 Å². The second-order valence-electron chi connectivity index (χ2n) is 7.27. The lowest BCUT2D eigenvalue weighted by atomic mass is 10.1. The van der Waals surface area contributed by atoms with Crippen molar-refractivity contribution in [3.05, 3.63) is 106 Å². The fraction of sp³-hybridized carbons (Fsp3) is 0.0769. The van der Waals surface area contributed by atoms with Crippen molar-refractivity contribution in [1.82, 2.24) is 5.32 Å². The predicted molar refractivity (Wildman–Crippen MR) is 132 cm³/mol. The van der Waals surface area contributed by atoms with Gasteiger partial charge in [0, 0.05) is 12.1 Å². The number of benzene rings is 3. The number of nitrogens with zero attached hydrogens (tertiary/aromatic N) is 1. The third-order valence-corrected chi connectivity index (χ3v) is 5.74. The molecular formula is C26H23N3O3S. The zero-order valence-corrected chi connectivity index (χ0v) is 18.6. The minimum absolute atomic E-state index is 0.142. The van der Waals surface area contributed by atoms with E-state index < -0.39 is 0 Å². The van der Waals surface area contributed by atoms with Gasteiger partial charge >= 0.3 is 0 Å². The van der Waals surface area contributed by atoms with Crippen molar-refractivity contribution >= 4 is 28.8 Å². The SMILES string of the molecule is NC(=Nc1ccc(CCNC(=O)c2ccc(Oc3ccc(O)cc3)cc2)cc1)c1cccs1. The van der Waals surface area contributed by atoms with E-state index in [0.717, 1.165) is 16.1 Å². The van der Waals surface area contributed by atoms with Gasteiger partial charge in [-0.05, 0) is 84.1 Å². The fourth-order valence-corrected chi connectivity index (χ4v) is 3.73. The van der Waals surface area contributed by atoms with Gasteiger partial charge in [0.25, 0.3) is 5.91 Å². The first-order valence-electron chi connectivity index (χ1n) is 10.4. The normalized spacial score (nSPS) is 11.2. The van der Waals surface area contributed by atoms with E-state index in [1.807, 2.05) is 41.8 Å². The van der Waals surface area contributed by atoms with Gasteiger partial charge in [0.05, 0.1) is 10.6 Å². The monoisotopic (exact) mass is 457 g/mol. The molecule has 0 atom stereocenters. The molecule has 6 nitrogen and oxygen atoms in total. The summed E-state index contributed by atoms with van der Waals surface area (Å²) in [5, 5.41) is 14.2. The van der Waals surface area contributed by atoms with Gasteiger partial charge in [0.15, 0.2) is 0 Å². The van der Waals surface area contributed by atoms with Crippen molar-refractivity contribution in [3.8, 4) is 17.2 Å². The van der Waals surface area contributed by atoms with Gasteiger partial charge in [-0.25, -0.2) is 4.99 Å². The summed E-state index contributed by atoms with van der Waals surface area (Å²) in [4.78, 5) is 17.8. The van der Waals surface area contributed by atoms with E-state index >= 15 is 0 Å². The van der Waals surface area contributed by atoms with E-state index in [9.17, 15) is 9.90 Å². The van der Waals surface area contributed by atoms with Crippen LogP contribution in [0.1, 0.15) is 20.8 Å². The Balaban J connectivity index is 1.26. The largest absolute Gasteiger partial charge is 0.508 e. The molecule has 0 spiro atoms. The molecule has 0 radical (unpaired) electrons. The zero-order chi connectivity index (χ0) is 23.0. The van der Waals surface area contributed by atoms with Gasteiger partial charge in [-0.15, -0.1) is 11.3 Å². The van der Waals surface area contributed by atoms with Gasteiger partial charge in [-0.2, -0.15) is 0 Å². The summed E-state index contributed by atoms with van der Waals surface area (Å²) in [6, 6.07) is 25.1. The Bertz CT molecular complexity index is 1220. The third-order valence-electron chi connectivity index (χ3n) is 4.85. The van der Waals surface area contributed by atoms with Crippen LogP contribution in [0.3, 0.4) is 0 Å². The molecule has 166 valence electrons. The maximum atomic E-state index is 12.4. The van der Waals surface area contributed by atoms with E-state index in [-0.39, 0.29) is 11.7 Å². The van der Waals surface area contributed by atoms with Crippen LogP contribution in [0, 0.1) is 0 Å². The van der Waals surface area contributed by atoms with Gasteiger partial charge < -0.3 is 20.9 Å². The summed E-state index contributed by atoms with van der Waals surface area (Å²) in [6.07, 6.45) is 0.707. The molecule has 3 aromatic carbocycles. The van der Waals surface area contributed by atoms with Gasteiger partial charge in [-0.1, -0.05) is 18.2 Å². The topological polar surface area (TPSA) is 96.9 Å². The Labute approximate surface area is 196 Å². The number of amidine groups is 1. The molecule has 0 aliphatic heterocycles. The Hall–Kier alpha value is -4.10. The maximum Gasteiger partial charge on any atom is 0.251 e. The van der Waals surface area contributed by atoms with Crippen LogP contribution in [0.15, 0.2) is 95.3 Å². The van der Waals surface area contributed by atoms with Crippen molar-refractivity contribution in [2.24, 2.45) is 10.7 Å². The number of phenols is 1. The van der Waals surface area contributed by atoms with Crippen molar-refractivity contribution < 1.29 is 14.6 Å². The number of nitrogens with two attached hydrogens (primary N) is 1. The molecule has 1 aromatic heterocycles. The van der Waals surface area contributed by atoms with Crippen LogP contribution in [0.2, 0.25) is 0 Å². The van der Waals surface area contributed by atoms with Crippen LogP contribution in [-0.4, -0.2) is 23.4 Å². The van der Waals surface area contributed by atoms with Crippen LogP contribution in [0.4, 0.5) is 5.69 Å². The van der Waals surface area contributed by atoms with Gasteiger partial charge in [-0.3, -0.25) is 4.79 Å². The number of aromatic hydroxyl groups is 1. The predicted octanol–water partition coefficient (Wildman–Crippen LogP) is 5.26. The average molecular weight is 458 g/mol. The molecule has 0 aliphatic carbocycles. The second kappa shape index (κ2) is 10.5. The van der Waals surface area contributed by atoms with Crippen LogP contribution >= 0.6 is 11.3 Å². The molecule has 4 aromatic rings. The number of nitrogens with one attached hydrogen (secondary N) is 1. The smallest absolute Gasteiger partial charge is 0.251 e. The molecule has 0 saturated carbocycles. The molecule has 4 rings (SSSR count). The molecule has 0 aliphatic rings. The summed E-state index contributed by atoms with van der Waals surface area (Å²) in [7, 11) is 0. The number of carbonyl (C=O) groups is 1. The Morgan fingerprint density at radius 2 is 1.61 bits per heavy atom.